The number of nitrogens with zero attached hydrogens (tertiary/aromatic N) is 3. The van der Waals surface area contributed by atoms with E-state index in [0.717, 1.165) is 16.3 Å². The van der Waals surface area contributed by atoms with Gasteiger partial charge in [0.2, 0.25) is 6.79 Å². The Morgan fingerprint density at radius 1 is 1.35 bits per heavy atom. The van der Waals surface area contributed by atoms with Crippen LogP contribution < -0.4 is 14.8 Å². The van der Waals surface area contributed by atoms with Gasteiger partial charge >= 0.3 is 0 Å². The lowest BCUT2D eigenvalue weighted by atomic mass is 10.2. The molecule has 1 N–H and O–H groups in total. The zero-order valence-electron chi connectivity index (χ0n) is 12.1. The maximum atomic E-state index is 12.2. The lowest BCUT2D eigenvalue weighted by Crippen LogP contribution is -2.11. The van der Waals surface area contributed by atoms with Crippen LogP contribution >= 0.6 is 11.3 Å². The molecule has 3 heterocycles. The minimum atomic E-state index is -0.263. The first-order chi connectivity index (χ1) is 11.2. The van der Waals surface area contributed by atoms with Crippen LogP contribution in [0.1, 0.15) is 10.5 Å². The monoisotopic (exact) mass is 328 g/mol. The summed E-state index contributed by atoms with van der Waals surface area (Å²) in [4.78, 5) is 16.6. The Labute approximate surface area is 135 Å². The Morgan fingerprint density at radius 2 is 2.22 bits per heavy atom. The van der Waals surface area contributed by atoms with Crippen molar-refractivity contribution in [3.8, 4) is 22.1 Å². The van der Waals surface area contributed by atoms with E-state index in [1.807, 2.05) is 18.2 Å². The van der Waals surface area contributed by atoms with E-state index in [-0.39, 0.29) is 12.7 Å². The number of thiazole rings is 1. The molecular weight excluding hydrogens is 316 g/mol. The molecule has 7 nitrogen and oxygen atoms in total. The molecule has 1 aromatic carbocycles. The Balaban J connectivity index is 1.55. The second-order valence-corrected chi connectivity index (χ2v) is 5.82. The highest BCUT2D eigenvalue weighted by atomic mass is 32.1. The molecule has 0 spiro atoms. The Kier molecular flexibility index (Phi) is 3.23. The van der Waals surface area contributed by atoms with Crippen LogP contribution in [0.4, 0.5) is 5.69 Å². The predicted molar refractivity (Wildman–Crippen MR) is 84.8 cm³/mol. The van der Waals surface area contributed by atoms with Gasteiger partial charge in [-0.25, -0.2) is 4.98 Å². The van der Waals surface area contributed by atoms with Crippen molar-refractivity contribution in [2.75, 3.05) is 12.1 Å². The number of fused-ring (bicyclic) bond motifs is 1. The minimum Gasteiger partial charge on any atom is -0.454 e. The molecule has 0 fully saturated rings. The van der Waals surface area contributed by atoms with Gasteiger partial charge in [0.25, 0.3) is 5.91 Å². The number of rotatable bonds is 3. The van der Waals surface area contributed by atoms with Crippen LogP contribution in [0.15, 0.2) is 36.0 Å². The fraction of sp³-hybridized carbons (Fsp3) is 0.133. The Bertz CT molecular complexity index is 886. The van der Waals surface area contributed by atoms with Gasteiger partial charge in [-0.3, -0.25) is 9.48 Å². The van der Waals surface area contributed by atoms with E-state index in [4.69, 9.17) is 9.47 Å². The van der Waals surface area contributed by atoms with Crippen LogP contribution in [0.2, 0.25) is 0 Å². The van der Waals surface area contributed by atoms with Gasteiger partial charge in [-0.2, -0.15) is 5.10 Å². The molecule has 0 bridgehead atoms. The number of hydrogen-bond donors (Lipinski definition) is 1. The van der Waals surface area contributed by atoms with E-state index < -0.39 is 0 Å². The number of aromatic nitrogens is 3. The third-order valence-corrected chi connectivity index (χ3v) is 4.21. The second kappa shape index (κ2) is 5.40. The van der Waals surface area contributed by atoms with Crippen molar-refractivity contribution in [2.24, 2.45) is 7.05 Å². The van der Waals surface area contributed by atoms with Gasteiger partial charge in [0.15, 0.2) is 11.5 Å². The van der Waals surface area contributed by atoms with Gasteiger partial charge in [0.1, 0.15) is 10.7 Å². The lowest BCUT2D eigenvalue weighted by Gasteiger charge is -2.00. The van der Waals surface area contributed by atoms with E-state index in [1.165, 1.54) is 11.3 Å². The summed E-state index contributed by atoms with van der Waals surface area (Å²) in [6, 6.07) is 5.60. The topological polar surface area (TPSA) is 78.3 Å². The first kappa shape index (κ1) is 13.8. The molecule has 0 unspecified atom stereocenters. The highest BCUT2D eigenvalue weighted by Gasteiger charge is 2.17. The average Bonchev–Trinajstić information content (AvgIpc) is 3.26. The third-order valence-electron chi connectivity index (χ3n) is 3.32. The van der Waals surface area contributed by atoms with Gasteiger partial charge in [0.05, 0.1) is 11.9 Å². The van der Waals surface area contributed by atoms with Gasteiger partial charge < -0.3 is 14.8 Å². The molecule has 8 heteroatoms. The second-order valence-electron chi connectivity index (χ2n) is 4.96. The molecule has 0 atom stereocenters. The summed E-state index contributed by atoms with van der Waals surface area (Å²) in [5.41, 5.74) is 1.89. The summed E-state index contributed by atoms with van der Waals surface area (Å²) >= 11 is 1.40. The standard InChI is InChI=1S/C15H12N4O3S/c1-19-6-10(5-16-19)17-14(20)11-7-23-15(18-11)9-2-3-12-13(4-9)22-8-21-12/h2-7H,8H2,1H3,(H,17,20). The zero-order chi connectivity index (χ0) is 15.8. The molecule has 116 valence electrons. The molecule has 1 amide bonds. The summed E-state index contributed by atoms with van der Waals surface area (Å²) in [6.45, 7) is 0.232. The normalized spacial score (nSPS) is 12.4. The summed E-state index contributed by atoms with van der Waals surface area (Å²) in [7, 11) is 1.79. The summed E-state index contributed by atoms with van der Waals surface area (Å²) < 4.78 is 12.3. The van der Waals surface area contributed by atoms with Crippen molar-refractivity contribution in [3.63, 3.8) is 0 Å². The van der Waals surface area contributed by atoms with E-state index in [0.29, 0.717) is 17.1 Å². The largest absolute Gasteiger partial charge is 0.454 e. The molecule has 0 aliphatic carbocycles. The number of aryl methyl sites for hydroxylation is 1. The maximum Gasteiger partial charge on any atom is 0.275 e. The van der Waals surface area contributed by atoms with Crippen molar-refractivity contribution in [2.45, 2.75) is 0 Å². The summed E-state index contributed by atoms with van der Waals surface area (Å²) in [5.74, 6) is 1.15. The number of carbonyl (C=O) groups excluding carboxylic acids is 1. The fourth-order valence-electron chi connectivity index (χ4n) is 2.22. The quantitative estimate of drug-likeness (QED) is 0.799. The number of amides is 1. The highest BCUT2D eigenvalue weighted by Crippen LogP contribution is 2.36. The lowest BCUT2D eigenvalue weighted by molar-refractivity contribution is 0.102. The SMILES string of the molecule is Cn1cc(NC(=O)c2csc(-c3ccc4c(c3)OCO4)n2)cn1. The smallest absolute Gasteiger partial charge is 0.275 e. The molecule has 1 aliphatic rings. The van der Waals surface area contributed by atoms with Gasteiger partial charge in [-0.15, -0.1) is 11.3 Å². The summed E-state index contributed by atoms with van der Waals surface area (Å²) in [6.07, 6.45) is 3.31. The number of nitrogens with one attached hydrogen (secondary N) is 1. The number of anilines is 1. The molecule has 23 heavy (non-hydrogen) atoms. The number of carbonyl (C=O) groups is 1. The first-order valence-corrected chi connectivity index (χ1v) is 7.72. The fourth-order valence-corrected chi connectivity index (χ4v) is 3.02. The van der Waals surface area contributed by atoms with E-state index in [1.54, 1.807) is 29.5 Å². The number of hydrogen-bond acceptors (Lipinski definition) is 6. The highest BCUT2D eigenvalue weighted by molar-refractivity contribution is 7.13. The van der Waals surface area contributed by atoms with Gasteiger partial charge in [0, 0.05) is 24.2 Å². The molecule has 4 rings (SSSR count). The average molecular weight is 328 g/mol. The van der Waals surface area contributed by atoms with Crippen molar-refractivity contribution < 1.29 is 14.3 Å². The van der Waals surface area contributed by atoms with Crippen molar-refractivity contribution in [3.05, 3.63) is 41.7 Å². The number of ether oxygens (including phenoxy) is 2. The van der Waals surface area contributed by atoms with E-state index in [2.05, 4.69) is 15.4 Å². The first-order valence-electron chi connectivity index (χ1n) is 6.84. The van der Waals surface area contributed by atoms with Crippen LogP contribution in [0.3, 0.4) is 0 Å². The Morgan fingerprint density at radius 3 is 3.04 bits per heavy atom. The van der Waals surface area contributed by atoms with Crippen LogP contribution in [-0.2, 0) is 7.05 Å². The van der Waals surface area contributed by atoms with Crippen LogP contribution in [0.25, 0.3) is 10.6 Å². The van der Waals surface area contributed by atoms with Crippen molar-refractivity contribution >= 4 is 22.9 Å². The number of benzene rings is 1. The van der Waals surface area contributed by atoms with Crippen LogP contribution in [0, 0.1) is 0 Å². The van der Waals surface area contributed by atoms with E-state index >= 15 is 0 Å². The van der Waals surface area contributed by atoms with Crippen LogP contribution in [0.5, 0.6) is 11.5 Å². The predicted octanol–water partition coefficient (Wildman–Crippen LogP) is 2.52. The zero-order valence-corrected chi connectivity index (χ0v) is 13.0. The Hall–Kier alpha value is -2.87. The molecule has 1 aliphatic heterocycles. The van der Waals surface area contributed by atoms with E-state index in [9.17, 15) is 4.79 Å². The van der Waals surface area contributed by atoms with Crippen LogP contribution in [-0.4, -0.2) is 27.5 Å². The molecule has 0 radical (unpaired) electrons. The molecule has 0 saturated heterocycles. The third kappa shape index (κ3) is 2.64. The molecule has 3 aromatic rings. The summed E-state index contributed by atoms with van der Waals surface area (Å²) in [5, 5.41) is 9.25. The minimum absolute atomic E-state index is 0.232. The maximum absolute atomic E-state index is 12.2. The van der Waals surface area contributed by atoms with Crippen molar-refractivity contribution in [1.82, 2.24) is 14.8 Å². The van der Waals surface area contributed by atoms with Gasteiger partial charge in [-0.05, 0) is 18.2 Å². The molecule has 2 aromatic heterocycles. The van der Waals surface area contributed by atoms with Gasteiger partial charge in [-0.1, -0.05) is 0 Å². The molecule has 0 saturated carbocycles. The van der Waals surface area contributed by atoms with Crippen molar-refractivity contribution in [1.29, 1.82) is 0 Å². The molecular formula is C15H12N4O3S.